The summed E-state index contributed by atoms with van der Waals surface area (Å²) in [6.07, 6.45) is 0.530. The van der Waals surface area contributed by atoms with Gasteiger partial charge in [-0.2, -0.15) is 3.63 Å². The van der Waals surface area contributed by atoms with Gasteiger partial charge in [-0.05, 0) is 13.3 Å². The first-order valence-corrected chi connectivity index (χ1v) is 12.1. The molecule has 1 N–H and O–H groups in total. The molecule has 0 spiro atoms. The molecule has 0 aromatic heterocycles. The lowest BCUT2D eigenvalue weighted by Gasteiger charge is -2.46. The Morgan fingerprint density at radius 1 is 0.815 bits per heavy atom. The van der Waals surface area contributed by atoms with Crippen LogP contribution in [0.2, 0.25) is 0 Å². The lowest BCUT2D eigenvalue weighted by atomic mass is 10.5. The van der Waals surface area contributed by atoms with Crippen LogP contribution in [-0.2, 0) is 41.3 Å². The van der Waals surface area contributed by atoms with E-state index in [0.717, 1.165) is 0 Å². The van der Waals surface area contributed by atoms with E-state index in [1.54, 1.807) is 6.92 Å². The van der Waals surface area contributed by atoms with Crippen molar-refractivity contribution in [2.75, 3.05) is 61.6 Å². The Bertz CT molecular complexity index is 417. The van der Waals surface area contributed by atoms with E-state index in [4.69, 9.17) is 36.5 Å². The van der Waals surface area contributed by atoms with Gasteiger partial charge in [0.05, 0.1) is 49.3 Å². The average Bonchev–Trinajstić information content (AvgIpc) is 2.68. The molecule has 0 radical (unpaired) electrons. The van der Waals surface area contributed by atoms with Gasteiger partial charge < -0.3 is 5.32 Å². The van der Waals surface area contributed by atoms with Crippen molar-refractivity contribution in [1.29, 1.82) is 0 Å². The third-order valence-corrected chi connectivity index (χ3v) is 9.63. The fraction of sp³-hybridized carbons (Fsp3) is 0.923. The van der Waals surface area contributed by atoms with E-state index in [0.29, 0.717) is 25.3 Å². The van der Waals surface area contributed by atoms with Gasteiger partial charge in [0, 0.05) is 19.2 Å². The second-order valence-electron chi connectivity index (χ2n) is 4.46. The number of amides is 1. The lowest BCUT2D eigenvalue weighted by Crippen LogP contribution is -2.26. The highest BCUT2D eigenvalue weighted by molar-refractivity contribution is 8.36. The van der Waals surface area contributed by atoms with Gasteiger partial charge in [0.2, 0.25) is 17.1 Å². The highest BCUT2D eigenvalue weighted by Crippen LogP contribution is 2.73. The summed E-state index contributed by atoms with van der Waals surface area (Å²) in [6, 6.07) is 0. The minimum Gasteiger partial charge on any atom is -0.356 e. The number of nitrogens with one attached hydrogen (secondary N) is 1. The summed E-state index contributed by atoms with van der Waals surface area (Å²) in [7, 11) is 5.58. The molecule has 0 saturated heterocycles. The molecule has 0 saturated carbocycles. The van der Waals surface area contributed by atoms with Crippen molar-refractivity contribution < 1.29 is 41.3 Å². The highest BCUT2D eigenvalue weighted by Gasteiger charge is 2.46. The van der Waals surface area contributed by atoms with Crippen LogP contribution in [0.25, 0.3) is 0 Å². The van der Waals surface area contributed by atoms with E-state index in [1.807, 2.05) is 0 Å². The largest absolute Gasteiger partial charge is 0.356 e. The number of hydrogen-bond donors (Lipinski definition) is 1. The van der Waals surface area contributed by atoms with Crippen molar-refractivity contribution in [2.45, 2.75) is 20.3 Å². The zero-order valence-electron chi connectivity index (χ0n) is 17.1. The molecule has 0 rings (SSSR count). The smallest absolute Gasteiger partial charge is 0.253 e. The van der Waals surface area contributed by atoms with Gasteiger partial charge in [0.25, 0.3) is 11.2 Å². The predicted molar refractivity (Wildman–Crippen MR) is 107 cm³/mol. The van der Waals surface area contributed by atoms with Crippen molar-refractivity contribution >= 4 is 39.1 Å². The molecule has 0 aliphatic rings. The van der Waals surface area contributed by atoms with Crippen LogP contribution in [0.1, 0.15) is 20.3 Å². The Hall–Kier alpha value is 0.160. The van der Waals surface area contributed by atoms with Crippen LogP contribution in [0.4, 0.5) is 0 Å². The number of carbonyl (C=O) groups excluding carboxylic acids is 1. The van der Waals surface area contributed by atoms with Crippen molar-refractivity contribution in [3.63, 3.8) is 0 Å². The molecule has 11 nitrogen and oxygen atoms in total. The van der Waals surface area contributed by atoms with E-state index in [1.165, 1.54) is 49.6 Å². The van der Waals surface area contributed by atoms with Crippen molar-refractivity contribution in [3.05, 3.63) is 0 Å². The van der Waals surface area contributed by atoms with E-state index >= 15 is 0 Å². The molecule has 0 aromatic rings. The van der Waals surface area contributed by atoms with Gasteiger partial charge >= 0.3 is 0 Å². The van der Waals surface area contributed by atoms with Crippen molar-refractivity contribution in [1.82, 2.24) is 5.32 Å². The minimum absolute atomic E-state index is 0.129. The molecule has 0 aliphatic carbocycles. The Labute approximate surface area is 167 Å². The van der Waals surface area contributed by atoms with Gasteiger partial charge in [-0.15, -0.1) is 3.63 Å². The average molecular weight is 460 g/mol. The molecule has 27 heavy (non-hydrogen) atoms. The predicted octanol–water partition coefficient (Wildman–Crippen LogP) is 2.94. The molecule has 1 atom stereocenters. The standard InChI is InChI=1S/C13H33NO10S3/c1-9-22-25(16-3,12-10-11-14-13(2)15)23-27(20-7,21-8)24-26(17-4,18-5)19-6/h9-12H2,1-8H3,(H,14,15). The molecule has 0 aliphatic heterocycles. The summed E-state index contributed by atoms with van der Waals surface area (Å²) < 4.78 is 49.4. The molecular weight excluding hydrogens is 426 g/mol. The van der Waals surface area contributed by atoms with Crippen LogP contribution < -0.4 is 5.32 Å². The monoisotopic (exact) mass is 459 g/mol. The summed E-state index contributed by atoms with van der Waals surface area (Å²) in [5, 5.41) is 2.71. The van der Waals surface area contributed by atoms with Gasteiger partial charge in [0.1, 0.15) is 10.9 Å². The first kappa shape index (κ1) is 27.2. The van der Waals surface area contributed by atoms with Gasteiger partial charge in [0.15, 0.2) is 0 Å². The van der Waals surface area contributed by atoms with Gasteiger partial charge in [-0.3, -0.25) is 34.1 Å². The molecule has 1 amide bonds. The van der Waals surface area contributed by atoms with Crippen molar-refractivity contribution in [3.8, 4) is 0 Å². The summed E-state index contributed by atoms with van der Waals surface area (Å²) in [5.74, 6) is 0.202. The fourth-order valence-corrected chi connectivity index (χ4v) is 7.79. The number of carbonyl (C=O) groups is 1. The molecule has 1 unspecified atom stereocenters. The van der Waals surface area contributed by atoms with E-state index in [2.05, 4.69) is 5.32 Å². The maximum absolute atomic E-state index is 11.0. The molecule has 14 heteroatoms. The van der Waals surface area contributed by atoms with E-state index in [9.17, 15) is 4.79 Å². The van der Waals surface area contributed by atoms with Crippen LogP contribution in [0.3, 0.4) is 0 Å². The topological polar surface area (TPSA) is 112 Å². The molecule has 0 bridgehead atoms. The zero-order chi connectivity index (χ0) is 21.0. The third kappa shape index (κ3) is 8.59. The SMILES string of the molecule is CCOS(CCCNC(C)=O)(OC)OS(OC)(OC)OS(OC)(OC)OC. The summed E-state index contributed by atoms with van der Waals surface area (Å²) in [4.78, 5) is 11.0. The molecule has 0 fully saturated rings. The normalized spacial score (nSPS) is 17.2. The zero-order valence-corrected chi connectivity index (χ0v) is 19.6. The second-order valence-corrected chi connectivity index (χ2v) is 10.9. The molecule has 0 aromatic carbocycles. The fourth-order valence-electron chi connectivity index (χ4n) is 1.67. The summed E-state index contributed by atoms with van der Waals surface area (Å²) >= 11 is -6.07. The Morgan fingerprint density at radius 2 is 1.33 bits per heavy atom. The molecule has 0 heterocycles. The third-order valence-electron chi connectivity index (χ3n) is 2.87. The molecular formula is C13H33NO10S3. The summed E-state index contributed by atoms with van der Waals surface area (Å²) in [6.45, 7) is 3.97. The van der Waals surface area contributed by atoms with Crippen molar-refractivity contribution in [2.24, 2.45) is 0 Å². The first-order chi connectivity index (χ1) is 12.8. The lowest BCUT2D eigenvalue weighted by molar-refractivity contribution is -0.118. The Kier molecular flexibility index (Phi) is 13.5. The van der Waals surface area contributed by atoms with Crippen LogP contribution in [-0.4, -0.2) is 67.5 Å². The van der Waals surface area contributed by atoms with Crippen LogP contribution in [0, 0.1) is 0 Å². The molecule has 168 valence electrons. The van der Waals surface area contributed by atoms with Gasteiger partial charge in [-0.25, -0.2) is 0 Å². The maximum atomic E-state index is 11.0. The van der Waals surface area contributed by atoms with Gasteiger partial charge in [-0.1, -0.05) is 0 Å². The first-order valence-electron chi connectivity index (χ1n) is 7.87. The van der Waals surface area contributed by atoms with E-state index < -0.39 is 33.2 Å². The Balaban J connectivity index is 5.51. The maximum Gasteiger partial charge on any atom is 0.253 e. The number of hydrogen-bond acceptors (Lipinski definition) is 10. The minimum atomic E-state index is -3.15. The Morgan fingerprint density at radius 3 is 1.70 bits per heavy atom. The van der Waals surface area contributed by atoms with Crippen LogP contribution >= 0.6 is 33.2 Å². The second kappa shape index (κ2) is 13.4. The van der Waals surface area contributed by atoms with E-state index in [-0.39, 0.29) is 5.91 Å². The van der Waals surface area contributed by atoms with Crippen LogP contribution in [0.15, 0.2) is 0 Å². The van der Waals surface area contributed by atoms with Crippen LogP contribution in [0.5, 0.6) is 0 Å². The quantitative estimate of drug-likeness (QED) is 0.346. The number of rotatable bonds is 16. The highest BCUT2D eigenvalue weighted by atomic mass is 32.4. The summed E-state index contributed by atoms with van der Waals surface area (Å²) in [5.41, 5.74) is 0.